The average Bonchev–Trinajstić information content (AvgIpc) is 2.84. The van der Waals surface area contributed by atoms with Crippen LogP contribution in [0.3, 0.4) is 0 Å². The Labute approximate surface area is 172 Å². The van der Waals surface area contributed by atoms with Crippen molar-refractivity contribution in [3.63, 3.8) is 0 Å². The second-order valence-electron chi connectivity index (χ2n) is 7.98. The van der Waals surface area contributed by atoms with Gasteiger partial charge in [-0.3, -0.25) is 4.79 Å². The minimum Gasteiger partial charge on any atom is -0.394 e. The van der Waals surface area contributed by atoms with Gasteiger partial charge in [0.15, 0.2) is 0 Å². The van der Waals surface area contributed by atoms with Crippen LogP contribution in [0.15, 0.2) is 28.9 Å². The predicted octanol–water partition coefficient (Wildman–Crippen LogP) is 3.53. The van der Waals surface area contributed by atoms with Crippen molar-refractivity contribution in [2.75, 3.05) is 17.2 Å². The van der Waals surface area contributed by atoms with Crippen LogP contribution in [0, 0.1) is 5.92 Å². The summed E-state index contributed by atoms with van der Waals surface area (Å²) in [6.07, 6.45) is 5.16. The van der Waals surface area contributed by atoms with Gasteiger partial charge in [-0.05, 0) is 72.3 Å². The third-order valence-electron chi connectivity index (χ3n) is 5.60. The van der Waals surface area contributed by atoms with Crippen LogP contribution in [0.1, 0.15) is 49.0 Å². The van der Waals surface area contributed by atoms with E-state index in [-0.39, 0.29) is 18.6 Å². The summed E-state index contributed by atoms with van der Waals surface area (Å²) in [4.78, 5) is 21.0. The number of benzene rings is 1. The van der Waals surface area contributed by atoms with Gasteiger partial charge in [0.1, 0.15) is 5.82 Å². The number of nitrogens with zero attached hydrogens (tertiary/aromatic N) is 2. The fraction of sp³-hybridized carbons (Fsp3) is 0.450. The van der Waals surface area contributed by atoms with Gasteiger partial charge < -0.3 is 21.1 Å². The number of aliphatic hydroxyl groups is 1. The lowest BCUT2D eigenvalue weighted by Gasteiger charge is -2.33. The molecule has 1 saturated carbocycles. The summed E-state index contributed by atoms with van der Waals surface area (Å²) in [5.41, 5.74) is 2.05. The minimum atomic E-state index is -0.408. The quantitative estimate of drug-likeness (QED) is 0.542. The van der Waals surface area contributed by atoms with Crippen LogP contribution in [-0.4, -0.2) is 33.6 Å². The van der Waals surface area contributed by atoms with Gasteiger partial charge >= 0.3 is 0 Å². The predicted molar refractivity (Wildman–Crippen MR) is 112 cm³/mol. The van der Waals surface area contributed by atoms with Gasteiger partial charge in [0.25, 0.3) is 5.91 Å². The molecular formula is C20H24BrN5O2. The minimum absolute atomic E-state index is 0.00863. The number of carbonyl (C=O) groups is 1. The van der Waals surface area contributed by atoms with Crippen LogP contribution < -0.4 is 16.0 Å². The van der Waals surface area contributed by atoms with E-state index in [0.717, 1.165) is 28.6 Å². The number of nitrogens with one attached hydrogen (secondary N) is 3. The number of amides is 1. The Bertz CT molecular complexity index is 913. The standard InChI is InChI=1S/C20H24BrN5O2/c1-20(2)14-8-12(6-7-13(14)18(28)26-20)23-19-22-9-15(21)17(25-19)24-16(10-27)11-4-3-5-11/h6-9,11,16,27H,3-5,10H2,1-2H3,(H,26,28)(H2,22,23,24,25)/t16-/m1/s1. The normalized spacial score (nSPS) is 18.8. The first-order valence-corrected chi connectivity index (χ1v) is 10.3. The van der Waals surface area contributed by atoms with Crippen molar-refractivity contribution >= 4 is 39.3 Å². The molecule has 0 spiro atoms. The lowest BCUT2D eigenvalue weighted by Crippen LogP contribution is -2.37. The van der Waals surface area contributed by atoms with E-state index in [1.54, 1.807) is 6.20 Å². The first-order chi connectivity index (χ1) is 13.4. The number of hydrogen-bond acceptors (Lipinski definition) is 6. The molecule has 1 aliphatic heterocycles. The largest absolute Gasteiger partial charge is 0.394 e. The van der Waals surface area contributed by atoms with Gasteiger partial charge in [-0.15, -0.1) is 0 Å². The van der Waals surface area contributed by atoms with E-state index < -0.39 is 5.54 Å². The summed E-state index contributed by atoms with van der Waals surface area (Å²) >= 11 is 3.48. The summed E-state index contributed by atoms with van der Waals surface area (Å²) in [7, 11) is 0. The Morgan fingerprint density at radius 2 is 2.18 bits per heavy atom. The van der Waals surface area contributed by atoms with Crippen LogP contribution in [0.4, 0.5) is 17.5 Å². The van der Waals surface area contributed by atoms with Gasteiger partial charge in [-0.1, -0.05) is 6.42 Å². The number of rotatable bonds is 6. The van der Waals surface area contributed by atoms with Crippen LogP contribution in [0.5, 0.6) is 0 Å². The highest BCUT2D eigenvalue weighted by Gasteiger charge is 2.35. The van der Waals surface area contributed by atoms with Crippen molar-refractivity contribution < 1.29 is 9.90 Å². The number of halogens is 1. The average molecular weight is 446 g/mol. The molecule has 28 heavy (non-hydrogen) atoms. The van der Waals surface area contributed by atoms with Crippen molar-refractivity contribution in [2.45, 2.75) is 44.7 Å². The topological polar surface area (TPSA) is 99.2 Å². The SMILES string of the molecule is CC1(C)NC(=O)c2ccc(Nc3ncc(Br)c(N[C@H](CO)C4CCC4)n3)cc21. The summed E-state index contributed by atoms with van der Waals surface area (Å²) < 4.78 is 0.751. The third kappa shape index (κ3) is 3.58. The third-order valence-corrected chi connectivity index (χ3v) is 6.18. The highest BCUT2D eigenvalue weighted by molar-refractivity contribution is 9.10. The fourth-order valence-electron chi connectivity index (χ4n) is 3.74. The lowest BCUT2D eigenvalue weighted by atomic mass is 9.80. The van der Waals surface area contributed by atoms with Crippen molar-refractivity contribution in [1.82, 2.24) is 15.3 Å². The molecule has 1 amide bonds. The Balaban J connectivity index is 1.55. The summed E-state index contributed by atoms with van der Waals surface area (Å²) in [5, 5.41) is 19.2. The van der Waals surface area contributed by atoms with Crippen LogP contribution in [0.2, 0.25) is 0 Å². The molecule has 4 rings (SSSR count). The maximum atomic E-state index is 12.1. The van der Waals surface area contributed by atoms with E-state index in [1.165, 1.54) is 6.42 Å². The zero-order chi connectivity index (χ0) is 19.9. The second kappa shape index (κ2) is 7.33. The molecule has 1 aromatic carbocycles. The molecule has 2 aliphatic rings. The van der Waals surface area contributed by atoms with Gasteiger partial charge in [-0.2, -0.15) is 4.98 Å². The van der Waals surface area contributed by atoms with Gasteiger partial charge in [-0.25, -0.2) is 4.98 Å². The summed E-state index contributed by atoms with van der Waals surface area (Å²) in [6.45, 7) is 4.03. The van der Waals surface area contributed by atoms with Crippen LogP contribution in [0.25, 0.3) is 0 Å². The molecule has 2 aromatic rings. The molecule has 0 saturated heterocycles. The second-order valence-corrected chi connectivity index (χ2v) is 8.83. The molecular weight excluding hydrogens is 422 g/mol. The smallest absolute Gasteiger partial charge is 0.252 e. The molecule has 1 aromatic heterocycles. The van der Waals surface area contributed by atoms with Crippen LogP contribution >= 0.6 is 15.9 Å². The van der Waals surface area contributed by atoms with Gasteiger partial charge in [0, 0.05) is 17.4 Å². The van der Waals surface area contributed by atoms with E-state index in [1.807, 2.05) is 32.0 Å². The van der Waals surface area contributed by atoms with Gasteiger partial charge in [0.2, 0.25) is 5.95 Å². The number of aliphatic hydroxyl groups excluding tert-OH is 1. The van der Waals surface area contributed by atoms with E-state index in [4.69, 9.17) is 0 Å². The first kappa shape index (κ1) is 19.1. The van der Waals surface area contributed by atoms with E-state index in [2.05, 4.69) is 41.8 Å². The maximum absolute atomic E-state index is 12.1. The zero-order valence-corrected chi connectivity index (χ0v) is 17.5. The highest BCUT2D eigenvalue weighted by Crippen LogP contribution is 2.34. The maximum Gasteiger partial charge on any atom is 0.252 e. The Kier molecular flexibility index (Phi) is 5.01. The lowest BCUT2D eigenvalue weighted by molar-refractivity contribution is 0.0940. The molecule has 7 nitrogen and oxygen atoms in total. The van der Waals surface area contributed by atoms with Crippen LogP contribution in [-0.2, 0) is 5.54 Å². The first-order valence-electron chi connectivity index (χ1n) is 9.51. The molecule has 148 valence electrons. The summed E-state index contributed by atoms with van der Waals surface area (Å²) in [5.74, 6) is 1.53. The molecule has 0 unspecified atom stereocenters. The zero-order valence-electron chi connectivity index (χ0n) is 15.9. The molecule has 1 atom stereocenters. The van der Waals surface area contributed by atoms with Crippen molar-refractivity contribution in [2.24, 2.45) is 5.92 Å². The Morgan fingerprint density at radius 3 is 2.86 bits per heavy atom. The van der Waals surface area contributed by atoms with Crippen molar-refractivity contribution in [3.8, 4) is 0 Å². The number of anilines is 3. The molecule has 8 heteroatoms. The van der Waals surface area contributed by atoms with E-state index in [9.17, 15) is 9.90 Å². The number of aromatic nitrogens is 2. The molecule has 0 bridgehead atoms. The molecule has 1 fully saturated rings. The fourth-order valence-corrected chi connectivity index (χ4v) is 4.05. The van der Waals surface area contributed by atoms with Crippen molar-refractivity contribution in [3.05, 3.63) is 40.0 Å². The number of fused-ring (bicyclic) bond motifs is 1. The molecule has 1 aliphatic carbocycles. The molecule has 0 radical (unpaired) electrons. The number of carbonyl (C=O) groups excluding carboxylic acids is 1. The van der Waals surface area contributed by atoms with Crippen molar-refractivity contribution in [1.29, 1.82) is 0 Å². The Hall–Kier alpha value is -2.19. The number of hydrogen-bond donors (Lipinski definition) is 4. The Morgan fingerprint density at radius 1 is 1.39 bits per heavy atom. The van der Waals surface area contributed by atoms with E-state index in [0.29, 0.717) is 23.2 Å². The molecule has 2 heterocycles. The molecule has 4 N–H and O–H groups in total. The summed E-state index contributed by atoms with van der Waals surface area (Å²) in [6, 6.07) is 5.61. The monoisotopic (exact) mass is 445 g/mol. The van der Waals surface area contributed by atoms with Gasteiger partial charge in [0.05, 0.1) is 22.7 Å². The van der Waals surface area contributed by atoms with E-state index >= 15 is 0 Å². The highest BCUT2D eigenvalue weighted by atomic mass is 79.9.